The first-order chi connectivity index (χ1) is 10.3. The smallest absolute Gasteiger partial charge is 0.191 e. The van der Waals surface area contributed by atoms with Crippen molar-refractivity contribution in [3.05, 3.63) is 36.2 Å². The van der Waals surface area contributed by atoms with Crippen LogP contribution in [0.4, 0.5) is 0 Å². The van der Waals surface area contributed by atoms with Crippen molar-refractivity contribution in [3.8, 4) is 11.4 Å². The molecule has 3 N–H and O–H groups in total. The minimum absolute atomic E-state index is 0. The summed E-state index contributed by atoms with van der Waals surface area (Å²) in [5.74, 6) is 1.51. The van der Waals surface area contributed by atoms with Crippen LogP contribution in [0.25, 0.3) is 11.4 Å². The van der Waals surface area contributed by atoms with Crippen LogP contribution in [0.3, 0.4) is 0 Å². The van der Waals surface area contributed by atoms with E-state index in [2.05, 4.69) is 42.9 Å². The molecule has 2 rings (SSSR count). The zero-order chi connectivity index (χ0) is 14.9. The number of halogens is 1. The molecule has 0 spiro atoms. The predicted molar refractivity (Wildman–Crippen MR) is 97.3 cm³/mol. The maximum absolute atomic E-state index is 4.99. The Morgan fingerprint density at radius 2 is 2.23 bits per heavy atom. The molecule has 0 radical (unpaired) electrons. The SMILES string of the molecule is CN=C(NCCOC)NCc1cccc(-c2ncn[nH]2)c1.I. The van der Waals surface area contributed by atoms with Crippen LogP contribution >= 0.6 is 24.0 Å². The third-order valence-corrected chi connectivity index (χ3v) is 2.90. The Labute approximate surface area is 147 Å². The summed E-state index contributed by atoms with van der Waals surface area (Å²) in [6.45, 7) is 2.03. The van der Waals surface area contributed by atoms with E-state index in [-0.39, 0.29) is 24.0 Å². The number of aliphatic imine (C=N–C) groups is 1. The lowest BCUT2D eigenvalue weighted by Crippen LogP contribution is -2.38. The molecule has 8 heteroatoms. The summed E-state index contributed by atoms with van der Waals surface area (Å²) < 4.78 is 4.99. The molecule has 0 amide bonds. The van der Waals surface area contributed by atoms with Gasteiger partial charge in [-0.3, -0.25) is 10.1 Å². The van der Waals surface area contributed by atoms with Gasteiger partial charge in [0.05, 0.1) is 6.61 Å². The van der Waals surface area contributed by atoms with Gasteiger partial charge in [0, 0.05) is 32.8 Å². The second kappa shape index (κ2) is 10.1. The summed E-state index contributed by atoms with van der Waals surface area (Å²) in [5.41, 5.74) is 2.15. The fraction of sp³-hybridized carbons (Fsp3) is 0.357. The highest BCUT2D eigenvalue weighted by molar-refractivity contribution is 14.0. The highest BCUT2D eigenvalue weighted by Gasteiger charge is 2.02. The van der Waals surface area contributed by atoms with Crippen LogP contribution in [0.5, 0.6) is 0 Å². The van der Waals surface area contributed by atoms with E-state index in [1.165, 1.54) is 6.33 Å². The van der Waals surface area contributed by atoms with Gasteiger partial charge in [-0.05, 0) is 11.6 Å². The quantitative estimate of drug-likeness (QED) is 0.287. The molecular weight excluding hydrogens is 395 g/mol. The summed E-state index contributed by atoms with van der Waals surface area (Å²) in [6, 6.07) is 8.11. The van der Waals surface area contributed by atoms with E-state index in [4.69, 9.17) is 4.74 Å². The van der Waals surface area contributed by atoms with Crippen LogP contribution in [-0.2, 0) is 11.3 Å². The Kier molecular flexibility index (Phi) is 8.44. The average Bonchev–Trinajstić information content (AvgIpc) is 3.05. The van der Waals surface area contributed by atoms with Gasteiger partial charge in [-0.15, -0.1) is 24.0 Å². The van der Waals surface area contributed by atoms with Crippen molar-refractivity contribution in [2.75, 3.05) is 27.3 Å². The number of benzene rings is 1. The number of aromatic amines is 1. The molecule has 1 heterocycles. The van der Waals surface area contributed by atoms with E-state index in [1.807, 2.05) is 12.1 Å². The molecule has 2 aromatic rings. The fourth-order valence-electron chi connectivity index (χ4n) is 1.85. The number of hydrogen-bond acceptors (Lipinski definition) is 4. The first kappa shape index (κ1) is 18.4. The molecular formula is C14H21IN6O. The van der Waals surface area contributed by atoms with Crippen molar-refractivity contribution in [3.63, 3.8) is 0 Å². The Hall–Kier alpha value is -1.68. The second-order valence-electron chi connectivity index (χ2n) is 4.38. The topological polar surface area (TPSA) is 87.2 Å². The Balaban J connectivity index is 0.00000242. The number of aromatic nitrogens is 3. The van der Waals surface area contributed by atoms with E-state index >= 15 is 0 Å². The largest absolute Gasteiger partial charge is 0.383 e. The molecule has 0 saturated heterocycles. The van der Waals surface area contributed by atoms with Crippen molar-refractivity contribution in [1.82, 2.24) is 25.8 Å². The first-order valence-electron chi connectivity index (χ1n) is 6.71. The molecule has 0 aliphatic rings. The van der Waals surface area contributed by atoms with Gasteiger partial charge in [-0.1, -0.05) is 18.2 Å². The zero-order valence-corrected chi connectivity index (χ0v) is 15.0. The van der Waals surface area contributed by atoms with Gasteiger partial charge in [0.2, 0.25) is 0 Å². The lowest BCUT2D eigenvalue weighted by molar-refractivity contribution is 0.203. The summed E-state index contributed by atoms with van der Waals surface area (Å²) >= 11 is 0. The van der Waals surface area contributed by atoms with Crippen molar-refractivity contribution in [1.29, 1.82) is 0 Å². The van der Waals surface area contributed by atoms with E-state index in [1.54, 1.807) is 14.2 Å². The van der Waals surface area contributed by atoms with Crippen molar-refractivity contribution in [2.45, 2.75) is 6.54 Å². The first-order valence-corrected chi connectivity index (χ1v) is 6.71. The van der Waals surface area contributed by atoms with Gasteiger partial charge in [0.15, 0.2) is 11.8 Å². The van der Waals surface area contributed by atoms with Crippen LogP contribution in [0.15, 0.2) is 35.6 Å². The van der Waals surface area contributed by atoms with Crippen LogP contribution in [0.2, 0.25) is 0 Å². The molecule has 7 nitrogen and oxygen atoms in total. The number of rotatable bonds is 6. The van der Waals surface area contributed by atoms with Crippen LogP contribution in [0, 0.1) is 0 Å². The number of H-pyrrole nitrogens is 1. The number of nitrogens with zero attached hydrogens (tertiary/aromatic N) is 3. The predicted octanol–water partition coefficient (Wildman–Crippen LogP) is 1.40. The second-order valence-corrected chi connectivity index (χ2v) is 4.38. The number of methoxy groups -OCH3 is 1. The molecule has 0 atom stereocenters. The zero-order valence-electron chi connectivity index (χ0n) is 12.7. The normalized spacial score (nSPS) is 10.9. The van der Waals surface area contributed by atoms with Crippen molar-refractivity contribution in [2.24, 2.45) is 4.99 Å². The van der Waals surface area contributed by atoms with Gasteiger partial charge < -0.3 is 15.4 Å². The standard InChI is InChI=1S/C14H20N6O.HI/c1-15-14(16-6-7-21-2)17-9-11-4-3-5-12(8-11)13-18-10-19-20-13;/h3-5,8,10H,6-7,9H2,1-2H3,(H2,15,16,17)(H,18,19,20);1H. The average molecular weight is 416 g/mol. The Morgan fingerprint density at radius 1 is 1.36 bits per heavy atom. The summed E-state index contributed by atoms with van der Waals surface area (Å²) in [4.78, 5) is 8.31. The van der Waals surface area contributed by atoms with Gasteiger partial charge in [-0.2, -0.15) is 5.10 Å². The molecule has 0 saturated carbocycles. The minimum atomic E-state index is 0. The third kappa shape index (κ3) is 5.60. The molecule has 0 fully saturated rings. The van der Waals surface area contributed by atoms with Crippen LogP contribution in [0.1, 0.15) is 5.56 Å². The number of hydrogen-bond donors (Lipinski definition) is 3. The summed E-state index contributed by atoms with van der Waals surface area (Å²) in [6.07, 6.45) is 1.50. The van der Waals surface area contributed by atoms with Crippen molar-refractivity contribution >= 4 is 29.9 Å². The maximum Gasteiger partial charge on any atom is 0.191 e. The molecule has 1 aromatic carbocycles. The van der Waals surface area contributed by atoms with E-state index in [9.17, 15) is 0 Å². The van der Waals surface area contributed by atoms with Crippen LogP contribution in [-0.4, -0.2) is 48.5 Å². The maximum atomic E-state index is 4.99. The summed E-state index contributed by atoms with van der Waals surface area (Å²) in [5, 5.41) is 13.1. The molecule has 0 aliphatic heterocycles. The fourth-order valence-corrected chi connectivity index (χ4v) is 1.85. The van der Waals surface area contributed by atoms with Crippen molar-refractivity contribution < 1.29 is 4.74 Å². The molecule has 1 aromatic heterocycles. The van der Waals surface area contributed by atoms with E-state index < -0.39 is 0 Å². The Morgan fingerprint density at radius 3 is 2.91 bits per heavy atom. The van der Waals surface area contributed by atoms with Gasteiger partial charge in [0.1, 0.15) is 6.33 Å². The van der Waals surface area contributed by atoms with Gasteiger partial charge in [0.25, 0.3) is 0 Å². The third-order valence-electron chi connectivity index (χ3n) is 2.90. The lowest BCUT2D eigenvalue weighted by Gasteiger charge is -2.11. The molecule has 120 valence electrons. The van der Waals surface area contributed by atoms with E-state index in [0.29, 0.717) is 19.7 Å². The lowest BCUT2D eigenvalue weighted by atomic mass is 10.1. The molecule has 0 aliphatic carbocycles. The number of ether oxygens (including phenoxy) is 1. The van der Waals surface area contributed by atoms with Gasteiger partial charge >= 0.3 is 0 Å². The monoisotopic (exact) mass is 416 g/mol. The van der Waals surface area contributed by atoms with E-state index in [0.717, 1.165) is 22.9 Å². The highest BCUT2D eigenvalue weighted by Crippen LogP contribution is 2.15. The molecule has 0 bridgehead atoms. The summed E-state index contributed by atoms with van der Waals surface area (Å²) in [7, 11) is 3.42. The molecule has 0 unspecified atom stereocenters. The minimum Gasteiger partial charge on any atom is -0.383 e. The number of guanidine groups is 1. The van der Waals surface area contributed by atoms with Crippen LogP contribution < -0.4 is 10.6 Å². The van der Waals surface area contributed by atoms with Gasteiger partial charge in [-0.25, -0.2) is 4.98 Å². The molecule has 22 heavy (non-hydrogen) atoms. The Bertz CT molecular complexity index is 572. The number of nitrogens with one attached hydrogen (secondary N) is 3. The highest BCUT2D eigenvalue weighted by atomic mass is 127.